The van der Waals surface area contributed by atoms with Crippen LogP contribution in [0.1, 0.15) is 66.5 Å². The molecular weight excluding hydrogens is 861 g/mol. The third kappa shape index (κ3) is 8.95. The topological polar surface area (TPSA) is 238 Å². The number of hydrogen-bond acceptors (Lipinski definition) is 15. The van der Waals surface area contributed by atoms with Crippen LogP contribution >= 0.6 is 0 Å². The van der Waals surface area contributed by atoms with Crippen LogP contribution in [-0.4, -0.2) is 112 Å². The summed E-state index contributed by atoms with van der Waals surface area (Å²) in [4.78, 5) is 49.6. The molecule has 0 spiro atoms. The highest BCUT2D eigenvalue weighted by Crippen LogP contribution is 2.32. The molecule has 0 saturated carbocycles. The van der Waals surface area contributed by atoms with E-state index in [9.17, 15) is 14.4 Å². The fourth-order valence-corrected chi connectivity index (χ4v) is 7.85. The highest BCUT2D eigenvalue weighted by molar-refractivity contribution is 6.02. The first-order chi connectivity index (χ1) is 32.0. The van der Waals surface area contributed by atoms with Gasteiger partial charge in [0.1, 0.15) is 40.0 Å². The molecule has 22 nitrogen and oxygen atoms in total. The minimum absolute atomic E-state index is 0.166. The number of carbonyl (C=O) groups is 3. The predicted molar refractivity (Wildman–Crippen MR) is 251 cm³/mol. The molecule has 0 aliphatic carbocycles. The summed E-state index contributed by atoms with van der Waals surface area (Å²) in [7, 11) is 7.18. The summed E-state index contributed by atoms with van der Waals surface area (Å²) in [6.07, 6.45) is 6.00. The summed E-state index contributed by atoms with van der Waals surface area (Å²) >= 11 is 0. The lowest BCUT2D eigenvalue weighted by Gasteiger charge is -2.25. The van der Waals surface area contributed by atoms with Crippen LogP contribution in [0.15, 0.2) is 61.2 Å². The van der Waals surface area contributed by atoms with Crippen LogP contribution in [0.3, 0.4) is 0 Å². The smallest absolute Gasteiger partial charge is 0.415 e. The van der Waals surface area contributed by atoms with Gasteiger partial charge in [0.25, 0.3) is 11.8 Å². The predicted octanol–water partition coefficient (Wildman–Crippen LogP) is 5.43. The number of benzene rings is 2. The van der Waals surface area contributed by atoms with Crippen LogP contribution < -0.4 is 31.5 Å². The number of amides is 3. The number of nitrogens with one attached hydrogen (secondary N) is 5. The molecule has 2 aliphatic heterocycles. The maximum atomic E-state index is 13.1. The normalized spacial score (nSPS) is 16.7. The van der Waals surface area contributed by atoms with Crippen molar-refractivity contribution in [3.8, 4) is 0 Å². The van der Waals surface area contributed by atoms with Gasteiger partial charge in [-0.2, -0.15) is 29.4 Å². The number of rotatable bonds is 2. The van der Waals surface area contributed by atoms with Crippen molar-refractivity contribution in [2.75, 3.05) is 48.2 Å². The Balaban J connectivity index is 0.000000171. The molecule has 22 heteroatoms. The first-order valence-electron chi connectivity index (χ1n) is 21.7. The molecule has 2 aromatic carbocycles. The molecule has 348 valence electrons. The average molecular weight is 913 g/mol. The van der Waals surface area contributed by atoms with E-state index < -0.39 is 11.7 Å². The number of anilines is 6. The second kappa shape index (κ2) is 17.5. The van der Waals surface area contributed by atoms with Crippen LogP contribution in [0, 0.1) is 0 Å². The second-order valence-electron chi connectivity index (χ2n) is 17.6. The van der Waals surface area contributed by atoms with E-state index in [0.29, 0.717) is 60.9 Å². The third-order valence-electron chi connectivity index (χ3n) is 11.1. The lowest BCUT2D eigenvalue weighted by atomic mass is 10.1. The summed E-state index contributed by atoms with van der Waals surface area (Å²) in [6.45, 7) is 10.7. The average Bonchev–Trinajstić information content (AvgIpc) is 4.08. The summed E-state index contributed by atoms with van der Waals surface area (Å²) in [5, 5.41) is 35.1. The Hall–Kier alpha value is -7.85. The quantitative estimate of drug-likeness (QED) is 0.145. The zero-order valence-electron chi connectivity index (χ0n) is 38.6. The van der Waals surface area contributed by atoms with Crippen LogP contribution in [0.25, 0.3) is 33.1 Å². The van der Waals surface area contributed by atoms with Crippen LogP contribution in [0.5, 0.6) is 0 Å². The summed E-state index contributed by atoms with van der Waals surface area (Å²) in [5.41, 5.74) is 6.23. The van der Waals surface area contributed by atoms with E-state index in [1.54, 1.807) is 56.3 Å². The Morgan fingerprint density at radius 1 is 0.731 bits per heavy atom. The van der Waals surface area contributed by atoms with Crippen molar-refractivity contribution in [2.45, 2.75) is 65.5 Å². The van der Waals surface area contributed by atoms with Crippen LogP contribution in [0.2, 0.25) is 0 Å². The molecule has 0 fully saturated rings. The van der Waals surface area contributed by atoms with Crippen LogP contribution in [0.4, 0.5) is 39.4 Å². The van der Waals surface area contributed by atoms with Gasteiger partial charge in [-0.25, -0.2) is 14.8 Å². The number of nitrogens with zero attached hydrogens (tertiary/aromatic N) is 11. The molecule has 67 heavy (non-hydrogen) atoms. The Kier molecular flexibility index (Phi) is 11.6. The van der Waals surface area contributed by atoms with Crippen molar-refractivity contribution in [1.82, 2.24) is 59.4 Å². The Morgan fingerprint density at radius 2 is 1.22 bits per heavy atom. The van der Waals surface area contributed by atoms with E-state index in [1.165, 1.54) is 21.8 Å². The third-order valence-corrected chi connectivity index (χ3v) is 11.1. The maximum absolute atomic E-state index is 13.1. The van der Waals surface area contributed by atoms with E-state index in [1.807, 2.05) is 63.1 Å². The Labute approximate surface area is 383 Å². The molecule has 8 aromatic rings. The first-order valence-corrected chi connectivity index (χ1v) is 21.7. The second-order valence-corrected chi connectivity index (χ2v) is 17.6. The number of hydrogen-bond donors (Lipinski definition) is 5. The van der Waals surface area contributed by atoms with Crippen molar-refractivity contribution < 1.29 is 28.6 Å². The zero-order chi connectivity index (χ0) is 47.3. The number of fused-ring (bicyclic) bond motifs is 10. The summed E-state index contributed by atoms with van der Waals surface area (Å²) in [6, 6.07) is 11.2. The molecule has 2 atom stereocenters. The maximum Gasteiger partial charge on any atom is 0.415 e. The lowest BCUT2D eigenvalue weighted by molar-refractivity contribution is 0.0587. The molecule has 0 radical (unpaired) electrons. The zero-order valence-corrected chi connectivity index (χ0v) is 38.6. The lowest BCUT2D eigenvalue weighted by Crippen LogP contribution is -2.36. The van der Waals surface area contributed by atoms with Gasteiger partial charge in [0.05, 0.1) is 73.6 Å². The minimum Gasteiger partial charge on any atom is -0.443 e. The van der Waals surface area contributed by atoms with Crippen molar-refractivity contribution in [1.29, 1.82) is 0 Å². The molecule has 10 rings (SSSR count). The van der Waals surface area contributed by atoms with E-state index in [-0.39, 0.29) is 35.1 Å². The highest BCUT2D eigenvalue weighted by Gasteiger charge is 2.27. The van der Waals surface area contributed by atoms with E-state index in [4.69, 9.17) is 19.2 Å². The fourth-order valence-electron chi connectivity index (χ4n) is 7.85. The largest absolute Gasteiger partial charge is 0.443 e. The van der Waals surface area contributed by atoms with Gasteiger partial charge < -0.3 is 40.8 Å². The molecule has 3 amide bonds. The number of aromatic nitrogens is 10. The standard InChI is InChI=1S/C25H30N8O4.C20H22N8O2/c1-14-12-36-13-15-7-18(16-10-26-32(6)19(16)8-15)29-20-9-21(31(5)24(35)37-25(2,3)4)33-22(30-20)17(11-27-33)23(34)28-14;1-11-9-30-10-12-4-15(13-7-22-27(3)16(13)5-12)25-17-6-18(21-2)28-19(26-17)14(8-23-28)20(29)24-11/h7-11,14H,12-13H2,1-6H3,(H,28,34)(H,29,30);4-8,11,21H,9-10H2,1-3H3,(H,24,29)(H,25,26)/t14-;11-/m11/s1. The molecule has 2 aliphatic rings. The minimum atomic E-state index is -0.688. The fraction of sp³-hybridized carbons (Fsp3) is 0.356. The summed E-state index contributed by atoms with van der Waals surface area (Å²) < 4.78 is 24.0. The SMILES string of the molecule is CNc1cc2nc3c(cnn13)C(=O)N[C@H](C)COCc1cc(c3cnn(C)c3c1)N2.C[C@@H]1COCc2cc(c3cnn(C)c3c2)Nc2cc(N(C)C(=O)OC(C)(C)C)n3ncc(c3n2)C(=O)N1. The van der Waals surface area contributed by atoms with Gasteiger partial charge in [-0.05, 0) is 70.0 Å². The van der Waals surface area contributed by atoms with Gasteiger partial charge in [-0.15, -0.1) is 0 Å². The molecule has 5 N–H and O–H groups in total. The van der Waals surface area contributed by atoms with E-state index >= 15 is 0 Å². The number of ether oxygens (including phenoxy) is 3. The molecule has 0 saturated heterocycles. The molecule has 8 heterocycles. The summed E-state index contributed by atoms with van der Waals surface area (Å²) in [5.74, 6) is 1.52. The van der Waals surface area contributed by atoms with Crippen LogP contribution in [-0.2, 0) is 41.5 Å². The van der Waals surface area contributed by atoms with Gasteiger partial charge >= 0.3 is 6.09 Å². The Morgan fingerprint density at radius 3 is 1.73 bits per heavy atom. The van der Waals surface area contributed by atoms with Crippen molar-refractivity contribution in [3.05, 3.63) is 83.4 Å². The monoisotopic (exact) mass is 912 g/mol. The number of aryl methyl sites for hydroxylation is 2. The number of carbonyl (C=O) groups excluding carboxylic acids is 3. The molecule has 6 aromatic heterocycles. The molecule has 8 bridgehead atoms. The molecule has 0 unspecified atom stereocenters. The van der Waals surface area contributed by atoms with Gasteiger partial charge in [0.15, 0.2) is 11.3 Å². The first kappa shape index (κ1) is 44.4. The van der Waals surface area contributed by atoms with E-state index in [0.717, 1.165) is 44.3 Å². The van der Waals surface area contributed by atoms with Crippen molar-refractivity contribution in [2.24, 2.45) is 14.1 Å². The van der Waals surface area contributed by atoms with Crippen molar-refractivity contribution in [3.63, 3.8) is 0 Å². The molecular formula is C45H52N16O6. The Bertz CT molecular complexity index is 3220. The van der Waals surface area contributed by atoms with Gasteiger partial charge in [-0.3, -0.25) is 23.9 Å². The van der Waals surface area contributed by atoms with E-state index in [2.05, 4.69) is 58.0 Å². The van der Waals surface area contributed by atoms with Gasteiger partial charge in [0, 0.05) is 63.2 Å². The van der Waals surface area contributed by atoms with Gasteiger partial charge in [-0.1, -0.05) is 0 Å². The van der Waals surface area contributed by atoms with Crippen molar-refractivity contribution >= 4 is 85.7 Å². The highest BCUT2D eigenvalue weighted by atomic mass is 16.6. The van der Waals surface area contributed by atoms with Gasteiger partial charge in [0.2, 0.25) is 0 Å².